The molecule has 0 aliphatic rings. The Morgan fingerprint density at radius 1 is 1.08 bits per heavy atom. The molecule has 0 saturated carbocycles. The predicted octanol–water partition coefficient (Wildman–Crippen LogP) is 4.60. The van der Waals surface area contributed by atoms with Gasteiger partial charge in [-0.25, -0.2) is 4.79 Å². The summed E-state index contributed by atoms with van der Waals surface area (Å²) in [4.78, 5) is 26.4. The van der Waals surface area contributed by atoms with Crippen molar-refractivity contribution in [2.45, 2.75) is 6.92 Å². The molecule has 6 nitrogen and oxygen atoms in total. The Hall–Kier alpha value is -3.25. The molecule has 4 aromatic rings. The number of anilines is 1. The molecule has 130 valence electrons. The lowest BCUT2D eigenvalue weighted by Crippen LogP contribution is -2.12. The van der Waals surface area contributed by atoms with Gasteiger partial charge in [0, 0.05) is 16.3 Å². The van der Waals surface area contributed by atoms with E-state index in [0.29, 0.717) is 38.9 Å². The van der Waals surface area contributed by atoms with E-state index < -0.39 is 5.76 Å². The Labute approximate surface area is 152 Å². The molecular formula is C19H13ClN2O4. The smallest absolute Gasteiger partial charge is 0.417 e. The number of hydrogen-bond donors (Lipinski definition) is 2. The summed E-state index contributed by atoms with van der Waals surface area (Å²) in [6, 6.07) is 13.8. The van der Waals surface area contributed by atoms with Gasteiger partial charge >= 0.3 is 5.76 Å². The fourth-order valence-electron chi connectivity index (χ4n) is 2.69. The first-order valence-electron chi connectivity index (χ1n) is 7.80. The first-order chi connectivity index (χ1) is 12.5. The highest BCUT2D eigenvalue weighted by molar-refractivity contribution is 6.30. The third kappa shape index (κ3) is 3.02. The number of aryl methyl sites for hydroxylation is 1. The minimum atomic E-state index is -0.540. The van der Waals surface area contributed by atoms with Gasteiger partial charge in [0.25, 0.3) is 5.91 Å². The van der Waals surface area contributed by atoms with Crippen LogP contribution in [0.15, 0.2) is 62.2 Å². The average molecular weight is 369 g/mol. The van der Waals surface area contributed by atoms with E-state index in [1.165, 1.54) is 0 Å². The van der Waals surface area contributed by atoms with Crippen LogP contribution in [0, 0.1) is 6.92 Å². The van der Waals surface area contributed by atoms with Crippen molar-refractivity contribution in [3.63, 3.8) is 0 Å². The second-order valence-electron chi connectivity index (χ2n) is 5.77. The number of carbonyl (C=O) groups is 1. The third-order valence-corrected chi connectivity index (χ3v) is 4.22. The molecule has 0 atom stereocenters. The van der Waals surface area contributed by atoms with E-state index >= 15 is 0 Å². The number of H-pyrrole nitrogens is 1. The molecule has 0 aliphatic heterocycles. The second kappa shape index (κ2) is 6.24. The SMILES string of the molecule is Cc1oc(-c2ccc(Cl)cc2)cc1C(=O)Nc1ccc2oc(=O)[nH]c2c1. The predicted molar refractivity (Wildman–Crippen MR) is 98.7 cm³/mol. The summed E-state index contributed by atoms with van der Waals surface area (Å²) >= 11 is 5.90. The van der Waals surface area contributed by atoms with Crippen molar-refractivity contribution in [1.29, 1.82) is 0 Å². The fourth-order valence-corrected chi connectivity index (χ4v) is 2.82. The maximum atomic E-state index is 12.6. The quantitative estimate of drug-likeness (QED) is 0.553. The van der Waals surface area contributed by atoms with Gasteiger partial charge in [-0.1, -0.05) is 11.6 Å². The number of oxazole rings is 1. The lowest BCUT2D eigenvalue weighted by Gasteiger charge is -2.03. The second-order valence-corrected chi connectivity index (χ2v) is 6.20. The molecule has 0 unspecified atom stereocenters. The highest BCUT2D eigenvalue weighted by Crippen LogP contribution is 2.27. The average Bonchev–Trinajstić information content (AvgIpc) is 3.17. The molecule has 2 aromatic carbocycles. The number of hydrogen-bond acceptors (Lipinski definition) is 4. The summed E-state index contributed by atoms with van der Waals surface area (Å²) in [7, 11) is 0. The zero-order valence-electron chi connectivity index (χ0n) is 13.6. The van der Waals surface area contributed by atoms with Crippen LogP contribution in [0.25, 0.3) is 22.4 Å². The number of carbonyl (C=O) groups excluding carboxylic acids is 1. The number of fused-ring (bicyclic) bond motifs is 1. The molecule has 2 N–H and O–H groups in total. The molecule has 2 heterocycles. The van der Waals surface area contributed by atoms with Gasteiger partial charge in [-0.05, 0) is 55.5 Å². The molecule has 4 rings (SSSR count). The van der Waals surface area contributed by atoms with Crippen molar-refractivity contribution >= 4 is 34.3 Å². The van der Waals surface area contributed by atoms with Crippen molar-refractivity contribution in [3.8, 4) is 11.3 Å². The lowest BCUT2D eigenvalue weighted by molar-refractivity contribution is 0.102. The number of nitrogens with one attached hydrogen (secondary N) is 2. The van der Waals surface area contributed by atoms with E-state index in [9.17, 15) is 9.59 Å². The fraction of sp³-hybridized carbons (Fsp3) is 0.0526. The summed E-state index contributed by atoms with van der Waals surface area (Å²) in [6.07, 6.45) is 0. The first-order valence-corrected chi connectivity index (χ1v) is 8.18. The lowest BCUT2D eigenvalue weighted by atomic mass is 10.1. The Bertz CT molecular complexity index is 1170. The molecule has 0 spiro atoms. The highest BCUT2D eigenvalue weighted by Gasteiger charge is 2.16. The van der Waals surface area contributed by atoms with Crippen molar-refractivity contribution in [1.82, 2.24) is 4.98 Å². The number of aromatic amines is 1. The summed E-state index contributed by atoms with van der Waals surface area (Å²) in [5.41, 5.74) is 2.73. The number of aromatic nitrogens is 1. The van der Waals surface area contributed by atoms with Crippen molar-refractivity contribution in [2.75, 3.05) is 5.32 Å². The van der Waals surface area contributed by atoms with Gasteiger partial charge in [0.2, 0.25) is 0 Å². The van der Waals surface area contributed by atoms with Gasteiger partial charge in [0.05, 0.1) is 11.1 Å². The van der Waals surface area contributed by atoms with E-state index in [1.807, 2.05) is 12.1 Å². The molecule has 2 aromatic heterocycles. The number of furan rings is 1. The zero-order chi connectivity index (χ0) is 18.3. The van der Waals surface area contributed by atoms with Crippen LogP contribution in [0.3, 0.4) is 0 Å². The van der Waals surface area contributed by atoms with E-state index in [2.05, 4.69) is 10.3 Å². The molecule has 26 heavy (non-hydrogen) atoms. The minimum Gasteiger partial charge on any atom is -0.461 e. The zero-order valence-corrected chi connectivity index (χ0v) is 14.4. The molecule has 0 radical (unpaired) electrons. The standard InChI is InChI=1S/C19H13ClN2O4/c1-10-14(9-17(25-10)11-2-4-12(20)5-3-11)18(23)21-13-6-7-16-15(8-13)22-19(24)26-16/h2-9H,1H3,(H,21,23)(H,22,24). The molecule has 0 bridgehead atoms. The Morgan fingerprint density at radius 2 is 1.85 bits per heavy atom. The van der Waals surface area contributed by atoms with Crippen LogP contribution in [0.2, 0.25) is 5.02 Å². The van der Waals surface area contributed by atoms with Crippen molar-refractivity contribution in [2.24, 2.45) is 0 Å². The van der Waals surface area contributed by atoms with Gasteiger partial charge in [-0.2, -0.15) is 0 Å². The van der Waals surface area contributed by atoms with E-state index in [1.54, 1.807) is 43.3 Å². The van der Waals surface area contributed by atoms with E-state index in [-0.39, 0.29) is 5.91 Å². The number of benzene rings is 2. The molecule has 0 aliphatic carbocycles. The Balaban J connectivity index is 1.61. The molecule has 0 saturated heterocycles. The maximum absolute atomic E-state index is 12.6. The summed E-state index contributed by atoms with van der Waals surface area (Å²) in [5, 5.41) is 3.42. The number of halogens is 1. The van der Waals surface area contributed by atoms with E-state index in [0.717, 1.165) is 5.56 Å². The largest absolute Gasteiger partial charge is 0.461 e. The van der Waals surface area contributed by atoms with Gasteiger partial charge in [0.1, 0.15) is 11.5 Å². The van der Waals surface area contributed by atoms with Crippen LogP contribution in [-0.4, -0.2) is 10.9 Å². The van der Waals surface area contributed by atoms with Gasteiger partial charge in [-0.3, -0.25) is 9.78 Å². The van der Waals surface area contributed by atoms with Crippen LogP contribution in [0.1, 0.15) is 16.1 Å². The van der Waals surface area contributed by atoms with Crippen molar-refractivity contribution < 1.29 is 13.6 Å². The molecular weight excluding hydrogens is 356 g/mol. The van der Waals surface area contributed by atoms with Crippen LogP contribution in [0.4, 0.5) is 5.69 Å². The maximum Gasteiger partial charge on any atom is 0.417 e. The van der Waals surface area contributed by atoms with Crippen LogP contribution >= 0.6 is 11.6 Å². The minimum absolute atomic E-state index is 0.309. The Morgan fingerprint density at radius 3 is 2.62 bits per heavy atom. The normalized spacial score (nSPS) is 11.0. The Kier molecular flexibility index (Phi) is 3.89. The molecule has 7 heteroatoms. The summed E-state index contributed by atoms with van der Waals surface area (Å²) < 4.78 is 10.7. The van der Waals surface area contributed by atoms with Gasteiger partial charge in [0.15, 0.2) is 5.58 Å². The highest BCUT2D eigenvalue weighted by atomic mass is 35.5. The first kappa shape index (κ1) is 16.2. The molecule has 1 amide bonds. The van der Waals surface area contributed by atoms with Gasteiger partial charge in [-0.15, -0.1) is 0 Å². The van der Waals surface area contributed by atoms with Crippen molar-refractivity contribution in [3.05, 3.63) is 75.4 Å². The van der Waals surface area contributed by atoms with Crippen LogP contribution in [0.5, 0.6) is 0 Å². The number of amides is 1. The topological polar surface area (TPSA) is 88.2 Å². The van der Waals surface area contributed by atoms with Gasteiger partial charge < -0.3 is 14.2 Å². The summed E-state index contributed by atoms with van der Waals surface area (Å²) in [5.74, 6) is 0.239. The third-order valence-electron chi connectivity index (χ3n) is 3.97. The van der Waals surface area contributed by atoms with Crippen LogP contribution < -0.4 is 11.1 Å². The van der Waals surface area contributed by atoms with E-state index in [4.69, 9.17) is 20.4 Å². The summed E-state index contributed by atoms with van der Waals surface area (Å²) in [6.45, 7) is 1.73. The molecule has 0 fully saturated rings. The monoisotopic (exact) mass is 368 g/mol. The number of rotatable bonds is 3. The van der Waals surface area contributed by atoms with Crippen LogP contribution in [-0.2, 0) is 0 Å².